The number of rotatable bonds is 6. The van der Waals surface area contributed by atoms with Gasteiger partial charge in [-0.05, 0) is 49.2 Å². The number of hydrogen-bond acceptors (Lipinski definition) is 5. The summed E-state index contributed by atoms with van der Waals surface area (Å²) in [6.07, 6.45) is 2.39. The Bertz CT molecular complexity index is 872. The predicted octanol–water partition coefficient (Wildman–Crippen LogP) is 2.45. The standard InChI is InChI=1S/C19H19N3O5/c1-13-9-14(2)11-16(10-13)27-12-19(24)21-20-18(23)8-7-15-5-3-4-6-17(15)22(25)26/h3-11H,12H2,1-2H3,(H,20,23)(H,21,24)/b8-7+. The van der Waals surface area contributed by atoms with Gasteiger partial charge in [-0.2, -0.15) is 0 Å². The molecule has 0 radical (unpaired) electrons. The average Bonchev–Trinajstić information content (AvgIpc) is 2.62. The van der Waals surface area contributed by atoms with Gasteiger partial charge in [-0.15, -0.1) is 0 Å². The molecule has 2 amide bonds. The zero-order valence-corrected chi connectivity index (χ0v) is 14.9. The van der Waals surface area contributed by atoms with Crippen LogP contribution < -0.4 is 15.6 Å². The van der Waals surface area contributed by atoms with Crippen LogP contribution in [0.1, 0.15) is 16.7 Å². The highest BCUT2D eigenvalue weighted by atomic mass is 16.6. The number of benzene rings is 2. The van der Waals surface area contributed by atoms with Gasteiger partial charge in [0.1, 0.15) is 5.75 Å². The molecule has 0 aliphatic carbocycles. The van der Waals surface area contributed by atoms with E-state index < -0.39 is 16.7 Å². The van der Waals surface area contributed by atoms with Crippen molar-refractivity contribution in [3.05, 3.63) is 75.3 Å². The third kappa shape index (κ3) is 6.28. The summed E-state index contributed by atoms with van der Waals surface area (Å²) in [5, 5.41) is 10.9. The Labute approximate surface area is 156 Å². The normalized spacial score (nSPS) is 10.4. The molecular weight excluding hydrogens is 350 g/mol. The molecule has 0 aromatic heterocycles. The van der Waals surface area contributed by atoms with Crippen LogP contribution in [0.4, 0.5) is 5.69 Å². The summed E-state index contributed by atoms with van der Waals surface area (Å²) in [5.74, 6) is -0.611. The molecular formula is C19H19N3O5. The first-order valence-corrected chi connectivity index (χ1v) is 8.06. The molecule has 0 spiro atoms. The Balaban J connectivity index is 1.83. The monoisotopic (exact) mass is 369 g/mol. The second kappa shape index (κ2) is 9.14. The molecule has 140 valence electrons. The molecule has 0 aliphatic rings. The topological polar surface area (TPSA) is 111 Å². The summed E-state index contributed by atoms with van der Waals surface area (Å²) in [5.41, 5.74) is 6.58. The van der Waals surface area contributed by atoms with Crippen LogP contribution in [0.3, 0.4) is 0 Å². The number of nitrogens with one attached hydrogen (secondary N) is 2. The van der Waals surface area contributed by atoms with Crippen LogP contribution >= 0.6 is 0 Å². The van der Waals surface area contributed by atoms with Gasteiger partial charge in [0, 0.05) is 12.1 Å². The number of carbonyl (C=O) groups excluding carboxylic acids is 2. The molecule has 27 heavy (non-hydrogen) atoms. The van der Waals surface area contributed by atoms with E-state index in [9.17, 15) is 19.7 Å². The fraction of sp³-hybridized carbons (Fsp3) is 0.158. The summed E-state index contributed by atoms with van der Waals surface area (Å²) in [6, 6.07) is 11.6. The molecule has 2 aromatic rings. The first kappa shape index (κ1) is 19.6. The van der Waals surface area contributed by atoms with Gasteiger partial charge in [-0.3, -0.25) is 30.6 Å². The molecule has 0 saturated heterocycles. The first-order valence-electron chi connectivity index (χ1n) is 8.06. The van der Waals surface area contributed by atoms with Gasteiger partial charge in [0.15, 0.2) is 6.61 Å². The quantitative estimate of drug-likeness (QED) is 0.462. The fourth-order valence-electron chi connectivity index (χ4n) is 2.33. The van der Waals surface area contributed by atoms with Crippen molar-refractivity contribution < 1.29 is 19.2 Å². The number of carbonyl (C=O) groups is 2. The van der Waals surface area contributed by atoms with Gasteiger partial charge < -0.3 is 4.74 Å². The Kier molecular flexibility index (Phi) is 6.65. The zero-order chi connectivity index (χ0) is 19.8. The van der Waals surface area contributed by atoms with Crippen molar-refractivity contribution in [2.24, 2.45) is 0 Å². The van der Waals surface area contributed by atoms with E-state index in [2.05, 4.69) is 10.9 Å². The Morgan fingerprint density at radius 1 is 1.11 bits per heavy atom. The van der Waals surface area contributed by atoms with E-state index in [0.717, 1.165) is 17.2 Å². The number of para-hydroxylation sites is 1. The lowest BCUT2D eigenvalue weighted by molar-refractivity contribution is -0.385. The van der Waals surface area contributed by atoms with Crippen LogP contribution in [0.25, 0.3) is 6.08 Å². The Hall–Kier alpha value is -3.68. The van der Waals surface area contributed by atoms with Crippen LogP contribution in [0.15, 0.2) is 48.5 Å². The van der Waals surface area contributed by atoms with Crippen molar-refractivity contribution in [3.8, 4) is 5.75 Å². The maximum Gasteiger partial charge on any atom is 0.276 e. The minimum absolute atomic E-state index is 0.118. The lowest BCUT2D eigenvalue weighted by atomic mass is 10.1. The van der Waals surface area contributed by atoms with Crippen LogP contribution in [0, 0.1) is 24.0 Å². The highest BCUT2D eigenvalue weighted by Crippen LogP contribution is 2.18. The van der Waals surface area contributed by atoms with Gasteiger partial charge in [0.25, 0.3) is 17.5 Å². The van der Waals surface area contributed by atoms with Crippen molar-refractivity contribution >= 4 is 23.6 Å². The maximum atomic E-state index is 11.7. The molecule has 0 bridgehead atoms. The number of hydrazine groups is 1. The molecule has 0 atom stereocenters. The summed E-state index contributed by atoms with van der Waals surface area (Å²) in [6.45, 7) is 3.57. The second-order valence-corrected chi connectivity index (χ2v) is 5.80. The number of hydrogen-bond donors (Lipinski definition) is 2. The van der Waals surface area contributed by atoms with E-state index in [-0.39, 0.29) is 17.9 Å². The number of ether oxygens (including phenoxy) is 1. The van der Waals surface area contributed by atoms with Gasteiger partial charge in [0.2, 0.25) is 0 Å². The van der Waals surface area contributed by atoms with Crippen LogP contribution in [-0.2, 0) is 9.59 Å². The van der Waals surface area contributed by atoms with Crippen LogP contribution in [-0.4, -0.2) is 23.3 Å². The van der Waals surface area contributed by atoms with E-state index in [1.807, 2.05) is 19.9 Å². The van der Waals surface area contributed by atoms with Crippen molar-refractivity contribution in [3.63, 3.8) is 0 Å². The van der Waals surface area contributed by atoms with E-state index in [0.29, 0.717) is 5.75 Å². The van der Waals surface area contributed by atoms with Gasteiger partial charge >= 0.3 is 0 Å². The molecule has 2 N–H and O–H groups in total. The minimum atomic E-state index is -0.632. The van der Waals surface area contributed by atoms with Crippen molar-refractivity contribution in [2.45, 2.75) is 13.8 Å². The molecule has 0 aliphatic heterocycles. The third-order valence-electron chi connectivity index (χ3n) is 3.44. The van der Waals surface area contributed by atoms with Crippen LogP contribution in [0.2, 0.25) is 0 Å². The van der Waals surface area contributed by atoms with Crippen molar-refractivity contribution in [2.75, 3.05) is 6.61 Å². The molecule has 8 nitrogen and oxygen atoms in total. The summed E-state index contributed by atoms with van der Waals surface area (Å²) < 4.78 is 5.38. The molecule has 0 saturated carbocycles. The molecule has 8 heteroatoms. The highest BCUT2D eigenvalue weighted by molar-refractivity contribution is 5.93. The number of nitrogens with zero attached hydrogens (tertiary/aromatic N) is 1. The Morgan fingerprint density at radius 3 is 2.44 bits per heavy atom. The van der Waals surface area contributed by atoms with E-state index in [1.165, 1.54) is 24.3 Å². The molecule has 2 rings (SSSR count). The van der Waals surface area contributed by atoms with Crippen molar-refractivity contribution in [1.29, 1.82) is 0 Å². The van der Waals surface area contributed by atoms with Gasteiger partial charge in [-0.1, -0.05) is 18.2 Å². The zero-order valence-electron chi connectivity index (χ0n) is 14.9. The third-order valence-corrected chi connectivity index (χ3v) is 3.44. The second-order valence-electron chi connectivity index (χ2n) is 5.80. The highest BCUT2D eigenvalue weighted by Gasteiger charge is 2.10. The molecule has 0 fully saturated rings. The molecule has 2 aromatic carbocycles. The lowest BCUT2D eigenvalue weighted by Crippen LogP contribution is -2.43. The van der Waals surface area contributed by atoms with Gasteiger partial charge in [-0.25, -0.2) is 0 Å². The van der Waals surface area contributed by atoms with E-state index >= 15 is 0 Å². The Morgan fingerprint density at radius 2 is 1.78 bits per heavy atom. The summed E-state index contributed by atoms with van der Waals surface area (Å²) in [4.78, 5) is 33.9. The van der Waals surface area contributed by atoms with Crippen molar-refractivity contribution in [1.82, 2.24) is 10.9 Å². The minimum Gasteiger partial charge on any atom is -0.484 e. The smallest absolute Gasteiger partial charge is 0.276 e. The van der Waals surface area contributed by atoms with E-state index in [1.54, 1.807) is 18.2 Å². The summed E-state index contributed by atoms with van der Waals surface area (Å²) >= 11 is 0. The van der Waals surface area contributed by atoms with E-state index in [4.69, 9.17) is 4.74 Å². The van der Waals surface area contributed by atoms with Gasteiger partial charge in [0.05, 0.1) is 10.5 Å². The SMILES string of the molecule is Cc1cc(C)cc(OCC(=O)NNC(=O)/C=C/c2ccccc2[N+](=O)[O-])c1. The predicted molar refractivity (Wildman–Crippen MR) is 99.8 cm³/mol. The number of aryl methyl sites for hydroxylation is 2. The molecule has 0 unspecified atom stereocenters. The largest absolute Gasteiger partial charge is 0.484 e. The number of amides is 2. The number of nitro benzene ring substituents is 1. The van der Waals surface area contributed by atoms with Crippen LogP contribution in [0.5, 0.6) is 5.75 Å². The number of nitro groups is 1. The maximum absolute atomic E-state index is 11.7. The molecule has 0 heterocycles. The summed E-state index contributed by atoms with van der Waals surface area (Å²) in [7, 11) is 0. The average molecular weight is 369 g/mol. The first-order chi connectivity index (χ1) is 12.8. The fourth-order valence-corrected chi connectivity index (χ4v) is 2.33. The lowest BCUT2D eigenvalue weighted by Gasteiger charge is -2.09.